The Morgan fingerprint density at radius 2 is 1.77 bits per heavy atom. The maximum absolute atomic E-state index is 13.0. The minimum atomic E-state index is -4.63. The first-order valence-corrected chi connectivity index (χ1v) is 11.9. The Balaban J connectivity index is 1.60. The van der Waals surface area contributed by atoms with Gasteiger partial charge in [0, 0.05) is 18.3 Å². The molecule has 166 valence electrons. The van der Waals surface area contributed by atoms with Crippen LogP contribution in [0.3, 0.4) is 0 Å². The van der Waals surface area contributed by atoms with Crippen LogP contribution in [-0.4, -0.2) is 41.8 Å². The maximum Gasteiger partial charge on any atom is 0.417 e. The lowest BCUT2D eigenvalue weighted by molar-refractivity contribution is -0.137. The molecule has 4 nitrogen and oxygen atoms in total. The second-order valence-corrected chi connectivity index (χ2v) is 10.1. The minimum Gasteiger partial charge on any atom is -0.332 e. The van der Waals surface area contributed by atoms with Crippen molar-refractivity contribution in [1.82, 2.24) is 4.90 Å². The molecule has 2 aromatic rings. The van der Waals surface area contributed by atoms with E-state index in [1.54, 1.807) is 12.1 Å². The average molecular weight is 489 g/mol. The molecule has 0 unspecified atom stereocenters. The van der Waals surface area contributed by atoms with E-state index in [1.807, 2.05) is 35.7 Å². The van der Waals surface area contributed by atoms with E-state index in [2.05, 4.69) is 5.32 Å². The lowest BCUT2D eigenvalue weighted by Gasteiger charge is -2.22. The lowest BCUT2D eigenvalue weighted by atomic mass is 10.1. The zero-order valence-electron chi connectivity index (χ0n) is 16.5. The summed E-state index contributed by atoms with van der Waals surface area (Å²) in [6.07, 6.45) is -3.44. The number of thioether (sulfide) groups is 2. The van der Waals surface area contributed by atoms with E-state index in [0.29, 0.717) is 10.1 Å². The van der Waals surface area contributed by atoms with E-state index >= 15 is 0 Å². The highest BCUT2D eigenvalue weighted by Crippen LogP contribution is 2.43. The van der Waals surface area contributed by atoms with E-state index in [0.717, 1.165) is 29.2 Å². The van der Waals surface area contributed by atoms with Crippen molar-refractivity contribution in [3.8, 4) is 0 Å². The Morgan fingerprint density at radius 3 is 2.39 bits per heavy atom. The highest BCUT2D eigenvalue weighted by Gasteiger charge is 2.33. The number of carbonyl (C=O) groups is 2. The number of nitrogens with zero attached hydrogens (tertiary/aromatic N) is 1. The molecule has 0 aliphatic carbocycles. The highest BCUT2D eigenvalue weighted by molar-refractivity contribution is 8.16. The molecule has 0 saturated carbocycles. The quantitative estimate of drug-likeness (QED) is 0.566. The molecule has 1 saturated heterocycles. The molecule has 0 spiro atoms. The van der Waals surface area contributed by atoms with Gasteiger partial charge in [0.2, 0.25) is 5.91 Å². The van der Waals surface area contributed by atoms with Gasteiger partial charge in [0.25, 0.3) is 5.91 Å². The molecule has 10 heteroatoms. The van der Waals surface area contributed by atoms with Crippen LogP contribution >= 0.6 is 35.1 Å². The van der Waals surface area contributed by atoms with Crippen molar-refractivity contribution < 1.29 is 22.8 Å². The van der Waals surface area contributed by atoms with E-state index in [1.165, 1.54) is 24.4 Å². The van der Waals surface area contributed by atoms with Crippen LogP contribution in [-0.2, 0) is 11.0 Å². The Hall–Kier alpha value is -1.84. The van der Waals surface area contributed by atoms with Gasteiger partial charge in [-0.2, -0.15) is 13.2 Å². The molecular formula is C21H20ClF3N2O2S2. The minimum absolute atomic E-state index is 0.0468. The fourth-order valence-electron chi connectivity index (χ4n) is 2.99. The van der Waals surface area contributed by atoms with Crippen LogP contribution in [0.2, 0.25) is 5.02 Å². The Bertz CT molecular complexity index is 949. The molecule has 2 amide bonds. The second kappa shape index (κ2) is 10.2. The van der Waals surface area contributed by atoms with Crippen molar-refractivity contribution in [3.63, 3.8) is 0 Å². The highest BCUT2D eigenvalue weighted by atomic mass is 35.5. The van der Waals surface area contributed by atoms with E-state index in [-0.39, 0.29) is 18.1 Å². The zero-order chi connectivity index (χ0) is 22.6. The molecule has 2 aromatic carbocycles. The molecule has 1 aliphatic rings. The largest absolute Gasteiger partial charge is 0.417 e. The van der Waals surface area contributed by atoms with Gasteiger partial charge < -0.3 is 10.2 Å². The Labute approximate surface area is 191 Å². The van der Waals surface area contributed by atoms with Crippen LogP contribution in [0.25, 0.3) is 0 Å². The van der Waals surface area contributed by atoms with Crippen molar-refractivity contribution in [2.75, 3.05) is 30.4 Å². The third-order valence-corrected chi connectivity index (χ3v) is 7.88. The number of anilines is 1. The third kappa shape index (κ3) is 6.33. The van der Waals surface area contributed by atoms with Crippen molar-refractivity contribution in [1.29, 1.82) is 0 Å². The summed E-state index contributed by atoms with van der Waals surface area (Å²) < 4.78 is 39.3. The first kappa shape index (κ1) is 23.8. The number of hydrogen-bond acceptors (Lipinski definition) is 4. The molecular weight excluding hydrogens is 469 g/mol. The van der Waals surface area contributed by atoms with Gasteiger partial charge in [0.05, 0.1) is 21.7 Å². The zero-order valence-corrected chi connectivity index (χ0v) is 18.9. The van der Waals surface area contributed by atoms with E-state index in [4.69, 9.17) is 11.6 Å². The number of rotatable bonds is 5. The predicted molar refractivity (Wildman–Crippen MR) is 121 cm³/mol. The normalized spacial score (nSPS) is 14.9. The predicted octanol–water partition coefficient (Wildman–Crippen LogP) is 5.94. The number of halogens is 4. The number of benzene rings is 2. The topological polar surface area (TPSA) is 49.4 Å². The van der Waals surface area contributed by atoms with Gasteiger partial charge in [-0.15, -0.1) is 23.5 Å². The first-order chi connectivity index (χ1) is 14.6. The summed E-state index contributed by atoms with van der Waals surface area (Å²) in [5.41, 5.74) is 0.505. The number of likely N-dealkylation sites (N-methyl/N-ethyl adjacent to an activating group) is 1. The van der Waals surface area contributed by atoms with Crippen LogP contribution in [0.5, 0.6) is 0 Å². The summed E-state index contributed by atoms with van der Waals surface area (Å²) in [4.78, 5) is 26.1. The first-order valence-electron chi connectivity index (χ1n) is 9.40. The van der Waals surface area contributed by atoms with Gasteiger partial charge in [-0.25, -0.2) is 0 Å². The molecule has 3 rings (SSSR count). The molecule has 1 N–H and O–H groups in total. The molecule has 0 atom stereocenters. The monoisotopic (exact) mass is 488 g/mol. The standard InChI is InChI=1S/C21H20ClF3N2O2S2/c1-27(12-18(28)26-15-7-8-17(22)16(11-15)21(23,24)25)19(29)13-3-5-14(6-4-13)20-30-9-2-10-31-20/h3-8,11,20H,2,9-10,12H2,1H3,(H,26,28). The molecule has 1 fully saturated rings. The van der Waals surface area contributed by atoms with Gasteiger partial charge in [-0.3, -0.25) is 9.59 Å². The molecule has 0 bridgehead atoms. The average Bonchev–Trinajstić information content (AvgIpc) is 2.74. The van der Waals surface area contributed by atoms with Gasteiger partial charge in [0.15, 0.2) is 0 Å². The van der Waals surface area contributed by atoms with Crippen LogP contribution in [0.4, 0.5) is 18.9 Å². The van der Waals surface area contributed by atoms with Crippen LogP contribution in [0.15, 0.2) is 42.5 Å². The van der Waals surface area contributed by atoms with Crippen LogP contribution in [0, 0.1) is 0 Å². The summed E-state index contributed by atoms with van der Waals surface area (Å²) in [7, 11) is 1.46. The fraction of sp³-hybridized carbons (Fsp3) is 0.333. The number of alkyl halides is 3. The summed E-state index contributed by atoms with van der Waals surface area (Å²) in [5, 5.41) is 1.92. The maximum atomic E-state index is 13.0. The molecule has 0 aromatic heterocycles. The number of nitrogens with one attached hydrogen (secondary N) is 1. The summed E-state index contributed by atoms with van der Waals surface area (Å²) >= 11 is 9.35. The number of amides is 2. The summed E-state index contributed by atoms with van der Waals surface area (Å²) in [5.74, 6) is 1.28. The Kier molecular flexibility index (Phi) is 7.82. The molecule has 0 radical (unpaired) electrons. The summed E-state index contributed by atoms with van der Waals surface area (Å²) in [6.45, 7) is -0.307. The molecule has 1 aliphatic heterocycles. The van der Waals surface area contributed by atoms with Gasteiger partial charge in [-0.05, 0) is 53.8 Å². The number of carbonyl (C=O) groups excluding carboxylic acids is 2. The van der Waals surface area contributed by atoms with Crippen molar-refractivity contribution in [2.24, 2.45) is 0 Å². The second-order valence-electron chi connectivity index (χ2n) is 6.95. The van der Waals surface area contributed by atoms with Gasteiger partial charge >= 0.3 is 6.18 Å². The smallest absolute Gasteiger partial charge is 0.332 e. The van der Waals surface area contributed by atoms with Gasteiger partial charge in [0.1, 0.15) is 0 Å². The summed E-state index contributed by atoms with van der Waals surface area (Å²) in [6, 6.07) is 10.4. The van der Waals surface area contributed by atoms with E-state index < -0.39 is 22.7 Å². The lowest BCUT2D eigenvalue weighted by Crippen LogP contribution is -2.35. The van der Waals surface area contributed by atoms with Crippen LogP contribution in [0.1, 0.15) is 32.5 Å². The van der Waals surface area contributed by atoms with Crippen LogP contribution < -0.4 is 5.32 Å². The molecule has 1 heterocycles. The number of hydrogen-bond donors (Lipinski definition) is 1. The molecule has 31 heavy (non-hydrogen) atoms. The van der Waals surface area contributed by atoms with Gasteiger partial charge in [-0.1, -0.05) is 23.7 Å². The Morgan fingerprint density at radius 1 is 1.13 bits per heavy atom. The van der Waals surface area contributed by atoms with E-state index in [9.17, 15) is 22.8 Å². The third-order valence-electron chi connectivity index (χ3n) is 4.54. The SMILES string of the molecule is CN(CC(=O)Nc1ccc(Cl)c(C(F)(F)F)c1)C(=O)c1ccc(C2SCCCS2)cc1. The van der Waals surface area contributed by atoms with Crippen molar-refractivity contribution >= 4 is 52.6 Å². The fourth-order valence-corrected chi connectivity index (χ4v) is 6.11. The van der Waals surface area contributed by atoms with Crippen molar-refractivity contribution in [2.45, 2.75) is 17.2 Å². The van der Waals surface area contributed by atoms with Crippen molar-refractivity contribution in [3.05, 3.63) is 64.2 Å².